The predicted molar refractivity (Wildman–Crippen MR) is 93.2 cm³/mol. The van der Waals surface area contributed by atoms with Crippen molar-refractivity contribution < 1.29 is 27.1 Å². The molecule has 9 heteroatoms. The number of carbonyl (C=O) groups excluding carboxylic acids is 1. The normalized spacial score (nSPS) is 10.3. The SMILES string of the molecule is CCCCCCCCCCCCOC(=O)CN.O=S(=O)(O)O.[NaH]. The van der Waals surface area contributed by atoms with E-state index >= 15 is 0 Å². The molecule has 0 aromatic heterocycles. The average molecular weight is 365 g/mol. The molecule has 0 heterocycles. The van der Waals surface area contributed by atoms with Gasteiger partial charge in [0, 0.05) is 0 Å². The van der Waals surface area contributed by atoms with Crippen molar-refractivity contribution in [3.63, 3.8) is 0 Å². The van der Waals surface area contributed by atoms with E-state index in [0.29, 0.717) is 6.61 Å². The van der Waals surface area contributed by atoms with E-state index in [1.807, 2.05) is 0 Å². The second kappa shape index (κ2) is 20.3. The van der Waals surface area contributed by atoms with E-state index in [1.54, 1.807) is 0 Å². The molecule has 0 bridgehead atoms. The Balaban J connectivity index is -0.000000578. The number of unbranched alkanes of at least 4 members (excludes halogenated alkanes) is 9. The van der Waals surface area contributed by atoms with Gasteiger partial charge in [0.15, 0.2) is 0 Å². The molecule has 0 aromatic carbocycles. The van der Waals surface area contributed by atoms with Crippen LogP contribution in [-0.2, 0) is 19.9 Å². The monoisotopic (exact) mass is 365 g/mol. The van der Waals surface area contributed by atoms with Crippen LogP contribution in [-0.4, -0.2) is 66.2 Å². The van der Waals surface area contributed by atoms with Gasteiger partial charge in [-0.15, -0.1) is 0 Å². The molecule has 0 rings (SSSR count). The fraction of sp³-hybridized carbons (Fsp3) is 0.929. The Hall–Kier alpha value is 0.300. The molecule has 0 aromatic rings. The van der Waals surface area contributed by atoms with Crippen LogP contribution in [0.25, 0.3) is 0 Å². The molecular weight excluding hydrogens is 333 g/mol. The van der Waals surface area contributed by atoms with Crippen molar-refractivity contribution in [2.24, 2.45) is 5.73 Å². The summed E-state index contributed by atoms with van der Waals surface area (Å²) in [6.45, 7) is 2.78. The van der Waals surface area contributed by atoms with Crippen LogP contribution in [0.15, 0.2) is 0 Å². The van der Waals surface area contributed by atoms with Crippen molar-refractivity contribution in [2.75, 3.05) is 13.2 Å². The van der Waals surface area contributed by atoms with Gasteiger partial charge in [-0.25, -0.2) is 0 Å². The molecule has 4 N–H and O–H groups in total. The quantitative estimate of drug-likeness (QED) is 0.209. The van der Waals surface area contributed by atoms with Crippen molar-refractivity contribution in [1.29, 1.82) is 0 Å². The van der Waals surface area contributed by atoms with Crippen LogP contribution in [0, 0.1) is 0 Å². The average Bonchev–Trinajstić information content (AvgIpc) is 2.42. The topological polar surface area (TPSA) is 127 Å². The van der Waals surface area contributed by atoms with Crippen molar-refractivity contribution in [1.82, 2.24) is 0 Å². The first-order chi connectivity index (χ1) is 10.3. The Morgan fingerprint density at radius 3 is 1.61 bits per heavy atom. The molecule has 0 atom stereocenters. The van der Waals surface area contributed by atoms with Gasteiger partial charge in [0.05, 0.1) is 13.2 Å². The standard InChI is InChI=1S/C14H29NO2.Na.H2O4S.H/c1-2-3-4-5-6-7-8-9-10-11-12-17-14(16)13-15;;1-5(2,3)4;/h2-13,15H2,1H3;;(H2,1,2,3,4);. The zero-order valence-electron chi connectivity index (χ0n) is 13.5. The third-order valence-electron chi connectivity index (χ3n) is 2.93. The number of rotatable bonds is 12. The van der Waals surface area contributed by atoms with Crippen LogP contribution in [0.2, 0.25) is 0 Å². The number of esters is 1. The molecular formula is C14H32NNaO6S. The van der Waals surface area contributed by atoms with Crippen LogP contribution >= 0.6 is 0 Å². The second-order valence-electron chi connectivity index (χ2n) is 5.05. The zero-order chi connectivity index (χ0) is 17.3. The van der Waals surface area contributed by atoms with Crippen molar-refractivity contribution in [3.05, 3.63) is 0 Å². The first-order valence-electron chi connectivity index (χ1n) is 7.86. The number of hydrogen-bond donors (Lipinski definition) is 3. The van der Waals surface area contributed by atoms with Crippen LogP contribution in [0.4, 0.5) is 0 Å². The molecule has 0 saturated carbocycles. The van der Waals surface area contributed by atoms with Crippen LogP contribution < -0.4 is 5.73 Å². The summed E-state index contributed by atoms with van der Waals surface area (Å²) in [4.78, 5) is 10.7. The summed E-state index contributed by atoms with van der Waals surface area (Å²) in [5.41, 5.74) is 5.13. The molecule has 0 spiro atoms. The third kappa shape index (κ3) is 39.3. The van der Waals surface area contributed by atoms with E-state index in [1.165, 1.54) is 51.4 Å². The third-order valence-corrected chi connectivity index (χ3v) is 2.93. The summed E-state index contributed by atoms with van der Waals surface area (Å²) < 4.78 is 36.5. The van der Waals surface area contributed by atoms with Gasteiger partial charge in [-0.1, -0.05) is 64.7 Å². The Morgan fingerprint density at radius 1 is 0.913 bits per heavy atom. The first kappa shape index (κ1) is 28.1. The van der Waals surface area contributed by atoms with Gasteiger partial charge in [0.2, 0.25) is 0 Å². The summed E-state index contributed by atoms with van der Waals surface area (Å²) in [7, 11) is -4.67. The Labute approximate surface area is 162 Å². The zero-order valence-corrected chi connectivity index (χ0v) is 14.3. The minimum absolute atomic E-state index is 0. The van der Waals surface area contributed by atoms with Crippen LogP contribution in [0.3, 0.4) is 0 Å². The summed E-state index contributed by atoms with van der Waals surface area (Å²) >= 11 is 0. The molecule has 23 heavy (non-hydrogen) atoms. The fourth-order valence-corrected chi connectivity index (χ4v) is 1.83. The number of hydrogen-bond acceptors (Lipinski definition) is 5. The van der Waals surface area contributed by atoms with E-state index < -0.39 is 10.4 Å². The molecule has 0 aliphatic rings. The van der Waals surface area contributed by atoms with Gasteiger partial charge < -0.3 is 10.5 Å². The molecule has 7 nitrogen and oxygen atoms in total. The number of ether oxygens (including phenoxy) is 1. The van der Waals surface area contributed by atoms with Gasteiger partial charge in [0.25, 0.3) is 0 Å². The van der Waals surface area contributed by atoms with Gasteiger partial charge >= 0.3 is 45.9 Å². The maximum absolute atomic E-state index is 10.7. The Kier molecular flexibility index (Phi) is 24.9. The number of carbonyl (C=O) groups is 1. The maximum atomic E-state index is 10.7. The molecule has 0 saturated heterocycles. The van der Waals surface area contributed by atoms with E-state index in [-0.39, 0.29) is 42.1 Å². The summed E-state index contributed by atoms with van der Waals surface area (Å²) in [5.74, 6) is -0.291. The first-order valence-corrected chi connectivity index (χ1v) is 9.26. The molecule has 0 aliphatic carbocycles. The van der Waals surface area contributed by atoms with Gasteiger partial charge in [-0.3, -0.25) is 13.9 Å². The molecule has 0 amide bonds. The summed E-state index contributed by atoms with van der Waals surface area (Å²) in [6.07, 6.45) is 12.9. The van der Waals surface area contributed by atoms with Crippen LogP contribution in [0.1, 0.15) is 71.1 Å². The van der Waals surface area contributed by atoms with Gasteiger partial charge in [-0.05, 0) is 6.42 Å². The minimum atomic E-state index is -4.67. The van der Waals surface area contributed by atoms with Crippen molar-refractivity contribution in [3.8, 4) is 0 Å². The predicted octanol–water partition coefficient (Wildman–Crippen LogP) is 2.11. The van der Waals surface area contributed by atoms with E-state index in [0.717, 1.165) is 12.8 Å². The Bertz CT molecular complexity index is 343. The fourth-order valence-electron chi connectivity index (χ4n) is 1.83. The van der Waals surface area contributed by atoms with Gasteiger partial charge in [-0.2, -0.15) is 8.42 Å². The van der Waals surface area contributed by atoms with Crippen molar-refractivity contribution >= 4 is 45.9 Å². The van der Waals surface area contributed by atoms with Crippen molar-refractivity contribution in [2.45, 2.75) is 71.1 Å². The molecule has 0 unspecified atom stereocenters. The number of nitrogens with two attached hydrogens (primary N) is 1. The Morgan fingerprint density at radius 2 is 1.26 bits per heavy atom. The van der Waals surface area contributed by atoms with E-state index in [4.69, 9.17) is 28.0 Å². The summed E-state index contributed by atoms with van der Waals surface area (Å²) in [6, 6.07) is 0. The molecule has 0 fully saturated rings. The van der Waals surface area contributed by atoms with Crippen LogP contribution in [0.5, 0.6) is 0 Å². The van der Waals surface area contributed by atoms with E-state index in [2.05, 4.69) is 6.92 Å². The summed E-state index contributed by atoms with van der Waals surface area (Å²) in [5, 5.41) is 0. The molecule has 0 radical (unpaired) electrons. The van der Waals surface area contributed by atoms with Gasteiger partial charge in [0.1, 0.15) is 0 Å². The molecule has 0 aliphatic heterocycles. The molecule has 136 valence electrons. The van der Waals surface area contributed by atoms with E-state index in [9.17, 15) is 4.79 Å². The second-order valence-corrected chi connectivity index (χ2v) is 5.95.